The van der Waals surface area contributed by atoms with Gasteiger partial charge in [0.05, 0.1) is 0 Å². The van der Waals surface area contributed by atoms with Crippen molar-refractivity contribution in [3.05, 3.63) is 0 Å². The van der Waals surface area contributed by atoms with E-state index in [9.17, 15) is 14.4 Å². The summed E-state index contributed by atoms with van der Waals surface area (Å²) in [7, 11) is 0. The highest BCUT2D eigenvalue weighted by Gasteiger charge is 2.62. The maximum Gasteiger partial charge on any atom is 0.201 e. The molecule has 132 valence electrons. The molecule has 0 aromatic rings. The van der Waals surface area contributed by atoms with Gasteiger partial charge >= 0.3 is 0 Å². The number of carbonyl (C=O) groups is 3. The van der Waals surface area contributed by atoms with Gasteiger partial charge < -0.3 is 0 Å². The van der Waals surface area contributed by atoms with Crippen LogP contribution in [0.5, 0.6) is 0 Å². The van der Waals surface area contributed by atoms with E-state index in [-0.39, 0.29) is 34.2 Å². The maximum absolute atomic E-state index is 12.5. The fourth-order valence-electron chi connectivity index (χ4n) is 7.61. The molecule has 4 saturated carbocycles. The van der Waals surface area contributed by atoms with Gasteiger partial charge in [-0.15, -0.1) is 0 Å². The average molecular weight is 330 g/mol. The lowest BCUT2D eigenvalue weighted by Crippen LogP contribution is -2.56. The van der Waals surface area contributed by atoms with Crippen LogP contribution in [0.15, 0.2) is 0 Å². The minimum Gasteiger partial charge on any atom is -0.300 e. The van der Waals surface area contributed by atoms with Crippen LogP contribution < -0.4 is 0 Å². The zero-order chi connectivity index (χ0) is 17.3. The molecule has 0 aromatic carbocycles. The average Bonchev–Trinajstić information content (AvgIpc) is 2.89. The first-order valence-corrected chi connectivity index (χ1v) is 9.86. The van der Waals surface area contributed by atoms with Crippen molar-refractivity contribution in [3.63, 3.8) is 0 Å². The normalized spacial score (nSPS) is 50.9. The van der Waals surface area contributed by atoms with E-state index in [1.54, 1.807) is 6.92 Å². The Morgan fingerprint density at radius 1 is 0.917 bits per heavy atom. The van der Waals surface area contributed by atoms with Crippen molar-refractivity contribution < 1.29 is 14.4 Å². The van der Waals surface area contributed by atoms with Gasteiger partial charge in [-0.25, -0.2) is 0 Å². The van der Waals surface area contributed by atoms with Crippen LogP contribution in [0.25, 0.3) is 0 Å². The first kappa shape index (κ1) is 16.5. The van der Waals surface area contributed by atoms with Gasteiger partial charge in [0, 0.05) is 18.3 Å². The molecule has 4 aliphatic carbocycles. The van der Waals surface area contributed by atoms with Gasteiger partial charge in [0.25, 0.3) is 0 Å². The molecule has 0 bridgehead atoms. The van der Waals surface area contributed by atoms with Crippen molar-refractivity contribution >= 4 is 17.3 Å². The van der Waals surface area contributed by atoms with Crippen LogP contribution in [0.1, 0.15) is 72.1 Å². The second-order valence-electron chi connectivity index (χ2n) is 9.59. The second-order valence-corrected chi connectivity index (χ2v) is 9.59. The van der Waals surface area contributed by atoms with Crippen LogP contribution in [0, 0.1) is 40.4 Å². The predicted molar refractivity (Wildman–Crippen MR) is 91.3 cm³/mol. The highest BCUT2D eigenvalue weighted by Crippen LogP contribution is 2.66. The van der Waals surface area contributed by atoms with E-state index in [0.29, 0.717) is 30.0 Å². The molecule has 0 heterocycles. The number of carbonyl (C=O) groups excluding carboxylic acids is 3. The fraction of sp³-hybridized carbons (Fsp3) is 0.857. The van der Waals surface area contributed by atoms with E-state index in [1.807, 2.05) is 0 Å². The third-order valence-electron chi connectivity index (χ3n) is 8.84. The minimum absolute atomic E-state index is 0.0174. The fourth-order valence-corrected chi connectivity index (χ4v) is 7.61. The van der Waals surface area contributed by atoms with Crippen molar-refractivity contribution in [2.24, 2.45) is 40.4 Å². The van der Waals surface area contributed by atoms with E-state index in [2.05, 4.69) is 13.8 Å². The lowest BCUT2D eigenvalue weighted by atomic mass is 9.44. The Bertz CT molecular complexity index is 608. The summed E-state index contributed by atoms with van der Waals surface area (Å²) in [6.45, 7) is 6.42. The molecule has 1 unspecified atom stereocenters. The van der Waals surface area contributed by atoms with E-state index in [1.165, 1.54) is 6.42 Å². The molecule has 0 amide bonds. The van der Waals surface area contributed by atoms with Crippen molar-refractivity contribution in [1.82, 2.24) is 0 Å². The van der Waals surface area contributed by atoms with E-state index in [0.717, 1.165) is 38.5 Å². The first-order valence-electron chi connectivity index (χ1n) is 9.86. The summed E-state index contributed by atoms with van der Waals surface area (Å²) < 4.78 is 0. The van der Waals surface area contributed by atoms with Gasteiger partial charge in [-0.3, -0.25) is 14.4 Å². The largest absolute Gasteiger partial charge is 0.300 e. The summed E-state index contributed by atoms with van der Waals surface area (Å²) >= 11 is 0. The van der Waals surface area contributed by atoms with Gasteiger partial charge in [0.2, 0.25) is 5.78 Å². The van der Waals surface area contributed by atoms with Crippen LogP contribution in [0.3, 0.4) is 0 Å². The molecule has 4 aliphatic rings. The first-order chi connectivity index (χ1) is 11.3. The topological polar surface area (TPSA) is 51.2 Å². The quantitative estimate of drug-likeness (QED) is 0.683. The van der Waals surface area contributed by atoms with Gasteiger partial charge in [-0.1, -0.05) is 13.8 Å². The summed E-state index contributed by atoms with van der Waals surface area (Å²) in [6.07, 6.45) is 7.79. The minimum atomic E-state index is -0.130. The Hall–Kier alpha value is -0.990. The van der Waals surface area contributed by atoms with Crippen LogP contribution in [0.4, 0.5) is 0 Å². The monoisotopic (exact) mass is 330 g/mol. The summed E-state index contributed by atoms with van der Waals surface area (Å²) in [5, 5.41) is 0. The molecule has 4 fully saturated rings. The molecule has 0 radical (unpaired) electrons. The van der Waals surface area contributed by atoms with Gasteiger partial charge in [0.1, 0.15) is 5.78 Å². The predicted octanol–water partition coefficient (Wildman–Crippen LogP) is 3.98. The molecular weight excluding hydrogens is 300 g/mol. The number of fused-ring (bicyclic) bond motifs is 5. The van der Waals surface area contributed by atoms with E-state index in [4.69, 9.17) is 0 Å². The van der Waals surface area contributed by atoms with Crippen LogP contribution in [-0.2, 0) is 14.4 Å². The Balaban J connectivity index is 1.65. The second kappa shape index (κ2) is 5.25. The molecule has 3 heteroatoms. The Labute approximate surface area is 144 Å². The third kappa shape index (κ3) is 1.99. The molecule has 0 spiro atoms. The smallest absolute Gasteiger partial charge is 0.201 e. The Kier molecular flexibility index (Phi) is 3.61. The van der Waals surface area contributed by atoms with Crippen LogP contribution >= 0.6 is 0 Å². The summed E-state index contributed by atoms with van der Waals surface area (Å²) in [6, 6.07) is 0. The number of hydrogen-bond donors (Lipinski definition) is 0. The number of Topliss-reactive ketones (excluding diaryl/α,β-unsaturated/α-hetero) is 3. The molecule has 0 saturated heterocycles. The van der Waals surface area contributed by atoms with Crippen molar-refractivity contribution in [2.75, 3.05) is 0 Å². The zero-order valence-electron chi connectivity index (χ0n) is 15.3. The molecule has 0 aliphatic heterocycles. The maximum atomic E-state index is 12.5. The van der Waals surface area contributed by atoms with Crippen LogP contribution in [0.2, 0.25) is 0 Å². The van der Waals surface area contributed by atoms with Gasteiger partial charge in [-0.05, 0) is 80.5 Å². The Morgan fingerprint density at radius 2 is 1.62 bits per heavy atom. The van der Waals surface area contributed by atoms with Crippen molar-refractivity contribution in [2.45, 2.75) is 72.1 Å². The molecule has 0 N–H and O–H groups in total. The molecule has 7 atom stereocenters. The highest BCUT2D eigenvalue weighted by molar-refractivity contribution is 6.38. The van der Waals surface area contributed by atoms with E-state index < -0.39 is 0 Å². The molecule has 3 nitrogen and oxygen atoms in total. The summed E-state index contributed by atoms with van der Waals surface area (Å²) in [5.74, 6) is 2.22. The van der Waals surface area contributed by atoms with Gasteiger partial charge in [-0.2, -0.15) is 0 Å². The zero-order valence-corrected chi connectivity index (χ0v) is 15.3. The molecule has 4 rings (SSSR count). The van der Waals surface area contributed by atoms with Gasteiger partial charge in [0.15, 0.2) is 5.78 Å². The lowest BCUT2D eigenvalue weighted by molar-refractivity contribution is -0.158. The summed E-state index contributed by atoms with van der Waals surface area (Å²) in [4.78, 5) is 36.5. The number of rotatable bonds is 1. The molecular formula is C21H30O3. The van der Waals surface area contributed by atoms with E-state index >= 15 is 0 Å². The standard InChI is InChI=1S/C21H30O3/c1-12(22)14-6-7-15-13-4-5-17-19(24)18(23)9-11-21(17,3)16(13)8-10-20(14,15)2/h13-17H,4-11H2,1-3H3/t13-,14+,15-,16-,17?,20+,21+/m0/s1. The number of ketones is 3. The van der Waals surface area contributed by atoms with Crippen molar-refractivity contribution in [1.29, 1.82) is 0 Å². The number of hydrogen-bond acceptors (Lipinski definition) is 3. The molecule has 24 heavy (non-hydrogen) atoms. The highest BCUT2D eigenvalue weighted by atomic mass is 16.2. The third-order valence-corrected chi connectivity index (χ3v) is 8.84. The molecule has 0 aromatic heterocycles. The SMILES string of the molecule is CC(=O)[C@H]1CC[C@H]2[C@@H]3CCC4C(=O)C(=O)CC[C@]4(C)[C@H]3CC[C@]12C. The Morgan fingerprint density at radius 3 is 2.33 bits per heavy atom. The summed E-state index contributed by atoms with van der Waals surface area (Å²) in [5.41, 5.74) is 0.189. The van der Waals surface area contributed by atoms with Crippen molar-refractivity contribution in [3.8, 4) is 0 Å². The lowest BCUT2D eigenvalue weighted by Gasteiger charge is -2.59. The van der Waals surface area contributed by atoms with Crippen LogP contribution in [-0.4, -0.2) is 17.3 Å².